The number of ether oxygens (including phenoxy) is 1. The van der Waals surface area contributed by atoms with Crippen molar-refractivity contribution in [1.29, 1.82) is 0 Å². The second-order valence-electron chi connectivity index (χ2n) is 5.79. The third-order valence-corrected chi connectivity index (χ3v) is 5.24. The average Bonchev–Trinajstić information content (AvgIpc) is 2.76. The van der Waals surface area contributed by atoms with E-state index < -0.39 is 0 Å². The number of rotatable bonds is 1. The summed E-state index contributed by atoms with van der Waals surface area (Å²) in [7, 11) is 0. The maximum Gasteiger partial charge on any atom is 0.0904 e. The zero-order valence-corrected chi connectivity index (χ0v) is 8.71. The van der Waals surface area contributed by atoms with Crippen molar-refractivity contribution in [2.24, 2.45) is 22.7 Å². The maximum atomic E-state index is 5.76. The second-order valence-corrected chi connectivity index (χ2v) is 5.79. The molecule has 3 fully saturated rings. The van der Waals surface area contributed by atoms with E-state index in [4.69, 9.17) is 4.74 Å². The topological polar surface area (TPSA) is 12.5 Å². The van der Waals surface area contributed by atoms with Gasteiger partial charge in [0.15, 0.2) is 0 Å². The third kappa shape index (κ3) is 0.633. The highest BCUT2D eigenvalue weighted by Gasteiger charge is 2.76. The highest BCUT2D eigenvalue weighted by Crippen LogP contribution is 2.74. The predicted octanol–water partition coefficient (Wildman–Crippen LogP) is 2.62. The minimum Gasteiger partial charge on any atom is -0.369 e. The summed E-state index contributed by atoms with van der Waals surface area (Å²) < 4.78 is 5.76. The Morgan fingerprint density at radius 3 is 2.54 bits per heavy atom. The van der Waals surface area contributed by atoms with Gasteiger partial charge in [0.1, 0.15) is 0 Å². The van der Waals surface area contributed by atoms with Crippen LogP contribution < -0.4 is 0 Å². The lowest BCUT2D eigenvalue weighted by Crippen LogP contribution is -2.33. The van der Waals surface area contributed by atoms with Crippen molar-refractivity contribution in [3.63, 3.8) is 0 Å². The van der Waals surface area contributed by atoms with Crippen LogP contribution in [0.1, 0.15) is 27.2 Å². The lowest BCUT2D eigenvalue weighted by Gasteiger charge is -2.36. The zero-order valence-electron chi connectivity index (χ0n) is 8.71. The molecule has 72 valence electrons. The highest BCUT2D eigenvalue weighted by molar-refractivity contribution is 5.26. The van der Waals surface area contributed by atoms with Crippen molar-refractivity contribution < 1.29 is 4.74 Å². The van der Waals surface area contributed by atoms with E-state index in [0.717, 1.165) is 5.92 Å². The Kier molecular flexibility index (Phi) is 1.16. The SMILES string of the molecule is C=CC1CC2(C)C3OC3C1C2(C)C. The summed E-state index contributed by atoms with van der Waals surface area (Å²) in [5.41, 5.74) is 0.876. The second kappa shape index (κ2) is 1.88. The molecule has 0 amide bonds. The van der Waals surface area contributed by atoms with Crippen LogP contribution in [0.2, 0.25) is 0 Å². The Bertz CT molecular complexity index is 281. The molecule has 5 unspecified atom stereocenters. The van der Waals surface area contributed by atoms with Crippen LogP contribution in [0, 0.1) is 22.7 Å². The first kappa shape index (κ1) is 8.05. The minimum absolute atomic E-state index is 0.418. The van der Waals surface area contributed by atoms with E-state index in [9.17, 15) is 0 Å². The lowest BCUT2D eigenvalue weighted by molar-refractivity contribution is 0.0485. The molecule has 0 aromatic carbocycles. The molecule has 3 aliphatic rings. The van der Waals surface area contributed by atoms with Crippen LogP contribution in [-0.4, -0.2) is 12.2 Å². The molecule has 0 spiro atoms. The van der Waals surface area contributed by atoms with E-state index >= 15 is 0 Å². The Balaban J connectivity index is 2.08. The van der Waals surface area contributed by atoms with E-state index in [1.807, 2.05) is 0 Å². The number of epoxide rings is 1. The van der Waals surface area contributed by atoms with Gasteiger partial charge in [-0.3, -0.25) is 0 Å². The van der Waals surface area contributed by atoms with Crippen molar-refractivity contribution in [1.82, 2.24) is 0 Å². The van der Waals surface area contributed by atoms with Gasteiger partial charge in [0.05, 0.1) is 12.2 Å². The molecule has 2 aliphatic carbocycles. The molecule has 2 saturated carbocycles. The van der Waals surface area contributed by atoms with E-state index in [1.165, 1.54) is 6.42 Å². The zero-order chi connectivity index (χ0) is 9.43. The van der Waals surface area contributed by atoms with Crippen LogP contribution in [-0.2, 0) is 4.74 Å². The van der Waals surface area contributed by atoms with Gasteiger partial charge in [0, 0.05) is 5.41 Å². The van der Waals surface area contributed by atoms with Crippen molar-refractivity contribution in [3.05, 3.63) is 12.7 Å². The maximum absolute atomic E-state index is 5.76. The molecule has 1 aliphatic heterocycles. The van der Waals surface area contributed by atoms with Crippen LogP contribution in [0.4, 0.5) is 0 Å². The fourth-order valence-electron chi connectivity index (χ4n) is 4.07. The van der Waals surface area contributed by atoms with E-state index in [1.54, 1.807) is 0 Å². The lowest BCUT2D eigenvalue weighted by atomic mass is 9.70. The van der Waals surface area contributed by atoms with Gasteiger partial charge in [-0.2, -0.15) is 0 Å². The fraction of sp³-hybridized carbons (Fsp3) is 0.833. The monoisotopic (exact) mass is 178 g/mol. The molecule has 1 saturated heterocycles. The summed E-state index contributed by atoms with van der Waals surface area (Å²) in [4.78, 5) is 0. The number of hydrogen-bond donors (Lipinski definition) is 0. The molecule has 0 aromatic rings. The van der Waals surface area contributed by atoms with Crippen LogP contribution in [0.3, 0.4) is 0 Å². The molecule has 1 heteroatoms. The predicted molar refractivity (Wildman–Crippen MR) is 52.3 cm³/mol. The first-order valence-electron chi connectivity index (χ1n) is 5.30. The molecule has 1 nitrogen and oxygen atoms in total. The van der Waals surface area contributed by atoms with Crippen molar-refractivity contribution >= 4 is 0 Å². The normalized spacial score (nSPS) is 60.5. The van der Waals surface area contributed by atoms with Gasteiger partial charge in [0.25, 0.3) is 0 Å². The molecule has 3 rings (SSSR count). The van der Waals surface area contributed by atoms with Gasteiger partial charge in [-0.25, -0.2) is 0 Å². The summed E-state index contributed by atoms with van der Waals surface area (Å²) in [5, 5.41) is 0. The molecule has 2 bridgehead atoms. The van der Waals surface area contributed by atoms with E-state index in [2.05, 4.69) is 33.4 Å². The van der Waals surface area contributed by atoms with Crippen LogP contribution in [0.25, 0.3) is 0 Å². The van der Waals surface area contributed by atoms with E-state index in [-0.39, 0.29) is 0 Å². The molecule has 0 radical (unpaired) electrons. The van der Waals surface area contributed by atoms with Crippen LogP contribution in [0.5, 0.6) is 0 Å². The first-order chi connectivity index (χ1) is 6.02. The minimum atomic E-state index is 0.418. The summed E-state index contributed by atoms with van der Waals surface area (Å²) in [5.74, 6) is 1.43. The smallest absolute Gasteiger partial charge is 0.0904 e. The standard InChI is InChI=1S/C12H18O/c1-5-7-6-12(4)10-9(13-10)8(7)11(12,2)3/h5,7-10H,1,6H2,2-4H3. The van der Waals surface area contributed by atoms with Gasteiger partial charge >= 0.3 is 0 Å². The Hall–Kier alpha value is -0.300. The van der Waals surface area contributed by atoms with Gasteiger partial charge in [-0.1, -0.05) is 26.8 Å². The largest absolute Gasteiger partial charge is 0.369 e. The highest BCUT2D eigenvalue weighted by atomic mass is 16.6. The van der Waals surface area contributed by atoms with Gasteiger partial charge in [-0.05, 0) is 23.7 Å². The molecule has 0 aromatic heterocycles. The van der Waals surface area contributed by atoms with Crippen molar-refractivity contribution in [2.45, 2.75) is 39.4 Å². The molecule has 1 heterocycles. The summed E-state index contributed by atoms with van der Waals surface area (Å²) in [6.45, 7) is 11.2. The van der Waals surface area contributed by atoms with Gasteiger partial charge in [0.2, 0.25) is 0 Å². The Labute approximate surface area is 80.2 Å². The molecule has 5 atom stereocenters. The van der Waals surface area contributed by atoms with Crippen LogP contribution >= 0.6 is 0 Å². The van der Waals surface area contributed by atoms with Crippen molar-refractivity contribution in [2.75, 3.05) is 0 Å². The molecule has 13 heavy (non-hydrogen) atoms. The third-order valence-electron chi connectivity index (χ3n) is 5.24. The Morgan fingerprint density at radius 1 is 1.38 bits per heavy atom. The number of hydrogen-bond acceptors (Lipinski definition) is 1. The average molecular weight is 178 g/mol. The van der Waals surface area contributed by atoms with Gasteiger partial charge < -0.3 is 4.74 Å². The number of allylic oxidation sites excluding steroid dienone is 1. The molecular weight excluding hydrogens is 160 g/mol. The fourth-order valence-corrected chi connectivity index (χ4v) is 4.07. The van der Waals surface area contributed by atoms with Crippen molar-refractivity contribution in [3.8, 4) is 0 Å². The van der Waals surface area contributed by atoms with Gasteiger partial charge in [-0.15, -0.1) is 6.58 Å². The van der Waals surface area contributed by atoms with E-state index in [0.29, 0.717) is 29.0 Å². The summed E-state index contributed by atoms with van der Waals surface area (Å²) in [6.07, 6.45) is 4.57. The Morgan fingerprint density at radius 2 is 2.08 bits per heavy atom. The molecule has 0 N–H and O–H groups in total. The summed E-state index contributed by atoms with van der Waals surface area (Å²) >= 11 is 0. The van der Waals surface area contributed by atoms with Crippen LogP contribution in [0.15, 0.2) is 12.7 Å². The first-order valence-corrected chi connectivity index (χ1v) is 5.30. The summed E-state index contributed by atoms with van der Waals surface area (Å²) in [6, 6.07) is 0. The number of fused-ring (bicyclic) bond motifs is 5. The molecular formula is C12H18O. The quantitative estimate of drug-likeness (QED) is 0.444.